The zero-order valence-corrected chi connectivity index (χ0v) is 24.2. The van der Waals surface area contributed by atoms with E-state index in [0.29, 0.717) is 47.5 Å². The fourth-order valence-corrected chi connectivity index (χ4v) is 8.37. The number of benzene rings is 2. The summed E-state index contributed by atoms with van der Waals surface area (Å²) >= 11 is 2.03. The van der Waals surface area contributed by atoms with Crippen LogP contribution in [0.3, 0.4) is 0 Å². The summed E-state index contributed by atoms with van der Waals surface area (Å²) in [6.45, 7) is 3.40. The Bertz CT molecular complexity index is 1630. The number of esters is 1. The predicted octanol–water partition coefficient (Wildman–Crippen LogP) is 2.45. The average Bonchev–Trinajstić information content (AvgIpc) is 3.44. The molecule has 0 spiro atoms. The summed E-state index contributed by atoms with van der Waals surface area (Å²) in [5.41, 5.74) is 1.00. The number of aromatic nitrogens is 1. The van der Waals surface area contributed by atoms with E-state index in [0.717, 1.165) is 28.0 Å². The minimum absolute atomic E-state index is 0.0617. The highest BCUT2D eigenvalue weighted by Crippen LogP contribution is 2.55. The second-order valence-electron chi connectivity index (χ2n) is 10.00. The maximum Gasteiger partial charge on any atom is 0.338 e. The molecular weight excluding hydrogens is 582 g/mol. The highest BCUT2D eigenvalue weighted by molar-refractivity contribution is 8.00. The second kappa shape index (κ2) is 11.4. The molecule has 6 rings (SSSR count). The standard InChI is InChI=1S/C29H27N3O8S2/c1-2-40-28(37)16-7-9-17(10-8-16)32-25(35)22-21(18-5-3-4-6-19(18)33)24-27(41-23(22)26(32)36)31(29(38)42-24)15-20(34)30-11-13-39-14-12-30/h3-10,21-23,33H,2,11-15H2,1H3/t21-,22+,23-/m0/s1. The normalized spacial score (nSPS) is 21.7. The molecule has 3 atom stereocenters. The van der Waals surface area contributed by atoms with Gasteiger partial charge in [0.1, 0.15) is 17.5 Å². The van der Waals surface area contributed by atoms with Gasteiger partial charge in [0.15, 0.2) is 0 Å². The van der Waals surface area contributed by atoms with Gasteiger partial charge in [-0.2, -0.15) is 0 Å². The SMILES string of the molecule is CCOC(=O)c1ccc(N2C(=O)[C@@H]3[C@H](c4ccccc4O)c4sc(=O)n(CC(=O)N5CCOCC5)c4S[C@@H]3C2=O)cc1. The Hall–Kier alpha value is -3.94. The minimum Gasteiger partial charge on any atom is -0.508 e. The van der Waals surface area contributed by atoms with E-state index in [2.05, 4.69) is 0 Å². The first kappa shape index (κ1) is 28.2. The summed E-state index contributed by atoms with van der Waals surface area (Å²) in [6, 6.07) is 12.6. The molecule has 0 bridgehead atoms. The summed E-state index contributed by atoms with van der Waals surface area (Å²) in [4.78, 5) is 69.3. The number of carbonyl (C=O) groups excluding carboxylic acids is 4. The fraction of sp³-hybridized carbons (Fsp3) is 0.345. The quantitative estimate of drug-likeness (QED) is 0.330. The highest BCUT2D eigenvalue weighted by Gasteiger charge is 2.57. The number of aromatic hydroxyl groups is 1. The number of fused-ring (bicyclic) bond motifs is 2. The number of thioether (sulfide) groups is 1. The van der Waals surface area contributed by atoms with Gasteiger partial charge < -0.3 is 19.5 Å². The third-order valence-electron chi connectivity index (χ3n) is 7.61. The first-order valence-electron chi connectivity index (χ1n) is 13.5. The van der Waals surface area contributed by atoms with Crippen molar-refractivity contribution in [3.05, 3.63) is 74.2 Å². The van der Waals surface area contributed by atoms with Gasteiger partial charge >= 0.3 is 10.8 Å². The van der Waals surface area contributed by atoms with E-state index in [1.54, 1.807) is 30.0 Å². The molecule has 0 radical (unpaired) electrons. The van der Waals surface area contributed by atoms with Crippen molar-refractivity contribution in [1.82, 2.24) is 9.47 Å². The Morgan fingerprint density at radius 1 is 1.02 bits per heavy atom. The van der Waals surface area contributed by atoms with Crippen LogP contribution in [0.5, 0.6) is 5.75 Å². The molecule has 3 aliphatic heterocycles. The zero-order valence-electron chi connectivity index (χ0n) is 22.6. The lowest BCUT2D eigenvalue weighted by Crippen LogP contribution is -2.43. The number of rotatable bonds is 6. The van der Waals surface area contributed by atoms with Crippen LogP contribution in [-0.2, 0) is 30.4 Å². The largest absolute Gasteiger partial charge is 0.508 e. The smallest absolute Gasteiger partial charge is 0.338 e. The zero-order chi connectivity index (χ0) is 29.5. The van der Waals surface area contributed by atoms with Crippen molar-refractivity contribution >= 4 is 52.5 Å². The Morgan fingerprint density at radius 2 is 1.74 bits per heavy atom. The number of anilines is 1. The molecule has 218 valence electrons. The van der Waals surface area contributed by atoms with E-state index in [4.69, 9.17) is 9.47 Å². The van der Waals surface area contributed by atoms with E-state index >= 15 is 0 Å². The topological polar surface area (TPSA) is 135 Å². The van der Waals surface area contributed by atoms with Gasteiger partial charge in [0.05, 0.1) is 42.0 Å². The van der Waals surface area contributed by atoms with Crippen LogP contribution in [0.1, 0.15) is 33.6 Å². The van der Waals surface area contributed by atoms with Crippen LogP contribution in [-0.4, -0.2) is 76.4 Å². The molecule has 4 heterocycles. The van der Waals surface area contributed by atoms with Crippen molar-refractivity contribution in [2.45, 2.75) is 29.7 Å². The molecule has 13 heteroatoms. The van der Waals surface area contributed by atoms with Crippen molar-refractivity contribution < 1.29 is 33.8 Å². The van der Waals surface area contributed by atoms with Crippen molar-refractivity contribution in [2.24, 2.45) is 5.92 Å². The number of carbonyl (C=O) groups is 4. The van der Waals surface area contributed by atoms with Gasteiger partial charge in [0, 0.05) is 29.4 Å². The van der Waals surface area contributed by atoms with Gasteiger partial charge in [0.2, 0.25) is 17.7 Å². The monoisotopic (exact) mass is 609 g/mol. The molecule has 3 aliphatic rings. The Labute approximate surface area is 248 Å². The number of morpholine rings is 1. The number of imide groups is 1. The van der Waals surface area contributed by atoms with E-state index in [1.165, 1.54) is 34.9 Å². The van der Waals surface area contributed by atoms with Crippen LogP contribution in [0.25, 0.3) is 0 Å². The Morgan fingerprint density at radius 3 is 2.43 bits per heavy atom. The molecule has 3 amide bonds. The van der Waals surface area contributed by atoms with Crippen molar-refractivity contribution in [3.63, 3.8) is 0 Å². The van der Waals surface area contributed by atoms with Crippen LogP contribution < -0.4 is 9.77 Å². The number of ether oxygens (including phenoxy) is 2. The van der Waals surface area contributed by atoms with Gasteiger partial charge in [-0.3, -0.25) is 23.7 Å². The third kappa shape index (κ3) is 4.80. The molecule has 3 aromatic rings. The lowest BCUT2D eigenvalue weighted by molar-refractivity contribution is -0.136. The number of amides is 3. The maximum atomic E-state index is 14.0. The lowest BCUT2D eigenvalue weighted by atomic mass is 9.82. The number of para-hydroxylation sites is 1. The first-order chi connectivity index (χ1) is 20.3. The second-order valence-corrected chi connectivity index (χ2v) is 12.1. The van der Waals surface area contributed by atoms with Gasteiger partial charge in [-0.15, -0.1) is 0 Å². The molecule has 11 nitrogen and oxygen atoms in total. The van der Waals surface area contributed by atoms with E-state index in [-0.39, 0.29) is 35.2 Å². The summed E-state index contributed by atoms with van der Waals surface area (Å²) < 4.78 is 11.7. The van der Waals surface area contributed by atoms with Crippen LogP contribution in [0.4, 0.5) is 5.69 Å². The summed E-state index contributed by atoms with van der Waals surface area (Å²) in [5.74, 6) is -3.46. The van der Waals surface area contributed by atoms with Crippen LogP contribution >= 0.6 is 23.1 Å². The fourth-order valence-electron chi connectivity index (χ4n) is 5.60. The predicted molar refractivity (Wildman–Crippen MR) is 154 cm³/mol. The summed E-state index contributed by atoms with van der Waals surface area (Å²) in [6.07, 6.45) is 0. The number of hydrogen-bond donors (Lipinski definition) is 1. The average molecular weight is 610 g/mol. The van der Waals surface area contributed by atoms with Crippen molar-refractivity contribution in [1.29, 1.82) is 0 Å². The molecule has 1 N–H and O–H groups in total. The molecule has 1 aromatic heterocycles. The molecule has 0 saturated carbocycles. The van der Waals surface area contributed by atoms with E-state index in [9.17, 15) is 29.1 Å². The molecule has 0 aliphatic carbocycles. The molecule has 0 unspecified atom stereocenters. The van der Waals surface area contributed by atoms with Gasteiger partial charge in [0.25, 0.3) is 0 Å². The van der Waals surface area contributed by atoms with Gasteiger partial charge in [-0.05, 0) is 37.3 Å². The molecule has 2 saturated heterocycles. The van der Waals surface area contributed by atoms with E-state index < -0.39 is 34.9 Å². The summed E-state index contributed by atoms with van der Waals surface area (Å²) in [7, 11) is 0. The van der Waals surface area contributed by atoms with Crippen LogP contribution in [0.2, 0.25) is 0 Å². The van der Waals surface area contributed by atoms with Gasteiger partial charge in [-0.25, -0.2) is 9.69 Å². The van der Waals surface area contributed by atoms with Crippen molar-refractivity contribution in [3.8, 4) is 5.75 Å². The van der Waals surface area contributed by atoms with Crippen LogP contribution in [0, 0.1) is 5.92 Å². The number of hydrogen-bond acceptors (Lipinski definition) is 10. The molecule has 42 heavy (non-hydrogen) atoms. The van der Waals surface area contributed by atoms with Gasteiger partial charge in [-0.1, -0.05) is 41.3 Å². The van der Waals surface area contributed by atoms with Crippen molar-refractivity contribution in [2.75, 3.05) is 37.8 Å². The first-order valence-corrected chi connectivity index (χ1v) is 15.2. The Kier molecular flexibility index (Phi) is 7.64. The number of phenols is 1. The number of nitrogens with zero attached hydrogens (tertiary/aromatic N) is 3. The molecular formula is C29H27N3O8S2. The summed E-state index contributed by atoms with van der Waals surface area (Å²) in [5, 5.41) is 10.4. The number of thiazole rings is 1. The van der Waals surface area contributed by atoms with E-state index in [1.807, 2.05) is 0 Å². The number of phenolic OH excluding ortho intramolecular Hbond substituents is 1. The maximum absolute atomic E-state index is 14.0. The van der Waals surface area contributed by atoms with Crippen LogP contribution in [0.15, 0.2) is 58.4 Å². The highest BCUT2D eigenvalue weighted by atomic mass is 32.2. The molecule has 2 aromatic carbocycles. The minimum atomic E-state index is -0.908. The Balaban J connectivity index is 1.40. The third-order valence-corrected chi connectivity index (χ3v) is 10.2. The lowest BCUT2D eigenvalue weighted by Gasteiger charge is -2.31. The molecule has 2 fully saturated rings.